The number of rotatable bonds is 2. The molecule has 1 saturated carbocycles. The predicted octanol–water partition coefficient (Wildman–Crippen LogP) is 0.505. The van der Waals surface area contributed by atoms with Gasteiger partial charge in [-0.3, -0.25) is 4.79 Å². The molecule has 2 fully saturated rings. The van der Waals surface area contributed by atoms with Crippen LogP contribution in [0.3, 0.4) is 0 Å². The Kier molecular flexibility index (Phi) is 3.59. The first-order valence-corrected chi connectivity index (χ1v) is 5.95. The van der Waals surface area contributed by atoms with Crippen molar-refractivity contribution in [2.75, 3.05) is 19.7 Å². The maximum absolute atomic E-state index is 12.0. The number of nitrogens with zero attached hydrogens (tertiary/aromatic N) is 1. The lowest BCUT2D eigenvalue weighted by Crippen LogP contribution is -2.54. The second kappa shape index (κ2) is 4.94. The second-order valence-corrected chi connectivity index (χ2v) is 4.42. The summed E-state index contributed by atoms with van der Waals surface area (Å²) in [6.45, 7) is 1.70. The van der Waals surface area contributed by atoms with Crippen LogP contribution in [0.1, 0.15) is 32.1 Å². The number of amides is 1. The first kappa shape index (κ1) is 10.9. The van der Waals surface area contributed by atoms with E-state index < -0.39 is 0 Å². The molecule has 0 aromatic carbocycles. The summed E-state index contributed by atoms with van der Waals surface area (Å²) in [4.78, 5) is 14.0. The van der Waals surface area contributed by atoms with Crippen LogP contribution in [0.15, 0.2) is 0 Å². The minimum Gasteiger partial charge on any atom is -0.365 e. The third-order valence-electron chi connectivity index (χ3n) is 3.44. The molecular weight excluding hydrogens is 192 g/mol. The smallest absolute Gasteiger partial charge is 0.253 e. The summed E-state index contributed by atoms with van der Waals surface area (Å²) < 4.78 is 5.34. The van der Waals surface area contributed by atoms with Gasteiger partial charge in [0.05, 0.1) is 6.61 Å². The Hall–Kier alpha value is -0.610. The van der Waals surface area contributed by atoms with E-state index in [-0.39, 0.29) is 12.0 Å². The number of carbonyl (C=O) groups is 1. The van der Waals surface area contributed by atoms with Crippen LogP contribution in [0, 0.1) is 0 Å². The Morgan fingerprint density at radius 3 is 2.73 bits per heavy atom. The number of ether oxygens (including phenoxy) is 1. The Bertz CT molecular complexity index is 227. The van der Waals surface area contributed by atoms with Gasteiger partial charge >= 0.3 is 0 Å². The standard InChI is InChI=1S/C11H20N2O2/c12-8-10-11(14)13(6-7-15-10)9-4-2-1-3-5-9/h9-10H,1-8,12H2. The average Bonchev–Trinajstić information content (AvgIpc) is 2.30. The van der Waals surface area contributed by atoms with Crippen LogP contribution < -0.4 is 5.73 Å². The lowest BCUT2D eigenvalue weighted by molar-refractivity contribution is -0.155. The van der Waals surface area contributed by atoms with Crippen LogP contribution in [0.25, 0.3) is 0 Å². The van der Waals surface area contributed by atoms with Crippen LogP contribution in [0.5, 0.6) is 0 Å². The van der Waals surface area contributed by atoms with Gasteiger partial charge in [-0.2, -0.15) is 0 Å². The molecule has 2 N–H and O–H groups in total. The van der Waals surface area contributed by atoms with E-state index in [0.29, 0.717) is 19.2 Å². The molecule has 0 bridgehead atoms. The normalized spacial score (nSPS) is 29.5. The molecule has 4 nitrogen and oxygen atoms in total. The van der Waals surface area contributed by atoms with Crippen LogP contribution >= 0.6 is 0 Å². The molecule has 1 aliphatic carbocycles. The van der Waals surface area contributed by atoms with E-state index in [9.17, 15) is 4.79 Å². The molecule has 2 aliphatic rings. The summed E-state index contributed by atoms with van der Waals surface area (Å²) in [5, 5.41) is 0. The molecule has 4 heteroatoms. The van der Waals surface area contributed by atoms with E-state index in [4.69, 9.17) is 10.5 Å². The van der Waals surface area contributed by atoms with Gasteiger partial charge in [-0.1, -0.05) is 19.3 Å². The molecule has 1 saturated heterocycles. The van der Waals surface area contributed by atoms with Gasteiger partial charge in [0.15, 0.2) is 0 Å². The Morgan fingerprint density at radius 1 is 1.33 bits per heavy atom. The average molecular weight is 212 g/mol. The molecule has 15 heavy (non-hydrogen) atoms. The number of hydrogen-bond acceptors (Lipinski definition) is 3. The van der Waals surface area contributed by atoms with Crippen molar-refractivity contribution in [3.8, 4) is 0 Å². The van der Waals surface area contributed by atoms with Gasteiger partial charge in [0.1, 0.15) is 6.10 Å². The van der Waals surface area contributed by atoms with Gasteiger partial charge in [-0.15, -0.1) is 0 Å². The SMILES string of the molecule is NCC1OCCN(C2CCCCC2)C1=O. The second-order valence-electron chi connectivity index (χ2n) is 4.42. The van der Waals surface area contributed by atoms with Gasteiger partial charge in [0.2, 0.25) is 0 Å². The van der Waals surface area contributed by atoms with Gasteiger partial charge < -0.3 is 15.4 Å². The lowest BCUT2D eigenvalue weighted by atomic mass is 9.93. The van der Waals surface area contributed by atoms with Crippen molar-refractivity contribution < 1.29 is 9.53 Å². The summed E-state index contributed by atoms with van der Waals surface area (Å²) in [6.07, 6.45) is 5.74. The molecule has 0 radical (unpaired) electrons. The highest BCUT2D eigenvalue weighted by Crippen LogP contribution is 2.24. The van der Waals surface area contributed by atoms with E-state index >= 15 is 0 Å². The van der Waals surface area contributed by atoms with E-state index in [1.165, 1.54) is 19.3 Å². The largest absolute Gasteiger partial charge is 0.365 e. The molecule has 1 aliphatic heterocycles. The zero-order chi connectivity index (χ0) is 10.7. The first-order valence-electron chi connectivity index (χ1n) is 5.95. The molecule has 1 heterocycles. The zero-order valence-corrected chi connectivity index (χ0v) is 9.15. The maximum atomic E-state index is 12.0. The highest BCUT2D eigenvalue weighted by Gasteiger charge is 2.33. The molecule has 0 aromatic rings. The quantitative estimate of drug-likeness (QED) is 0.725. The van der Waals surface area contributed by atoms with E-state index in [2.05, 4.69) is 0 Å². The fraction of sp³-hybridized carbons (Fsp3) is 0.909. The predicted molar refractivity (Wildman–Crippen MR) is 57.4 cm³/mol. The molecule has 0 aromatic heterocycles. The maximum Gasteiger partial charge on any atom is 0.253 e. The van der Waals surface area contributed by atoms with Gasteiger partial charge in [-0.05, 0) is 12.8 Å². The number of carbonyl (C=O) groups excluding carboxylic acids is 1. The van der Waals surface area contributed by atoms with E-state index in [1.54, 1.807) is 0 Å². The lowest BCUT2D eigenvalue weighted by Gasteiger charge is -2.39. The van der Waals surface area contributed by atoms with Crippen molar-refractivity contribution in [2.45, 2.75) is 44.2 Å². The van der Waals surface area contributed by atoms with E-state index in [0.717, 1.165) is 19.4 Å². The topological polar surface area (TPSA) is 55.6 Å². The first-order chi connectivity index (χ1) is 7.33. The summed E-state index contributed by atoms with van der Waals surface area (Å²) in [6, 6.07) is 0.448. The molecule has 0 spiro atoms. The third kappa shape index (κ3) is 2.32. The van der Waals surface area contributed by atoms with Crippen molar-refractivity contribution in [1.82, 2.24) is 4.90 Å². The number of morpholine rings is 1. The number of nitrogens with two attached hydrogens (primary N) is 1. The molecule has 1 amide bonds. The summed E-state index contributed by atoms with van der Waals surface area (Å²) in [7, 11) is 0. The minimum absolute atomic E-state index is 0.107. The zero-order valence-electron chi connectivity index (χ0n) is 9.15. The van der Waals surface area contributed by atoms with Crippen molar-refractivity contribution in [3.63, 3.8) is 0 Å². The monoisotopic (exact) mass is 212 g/mol. The molecule has 2 rings (SSSR count). The van der Waals surface area contributed by atoms with Crippen molar-refractivity contribution in [2.24, 2.45) is 5.73 Å². The van der Waals surface area contributed by atoms with Crippen LogP contribution in [-0.2, 0) is 9.53 Å². The fourth-order valence-corrected chi connectivity index (χ4v) is 2.58. The van der Waals surface area contributed by atoms with E-state index in [1.807, 2.05) is 4.90 Å². The van der Waals surface area contributed by atoms with Crippen molar-refractivity contribution in [1.29, 1.82) is 0 Å². The Morgan fingerprint density at radius 2 is 2.07 bits per heavy atom. The molecular formula is C11H20N2O2. The number of hydrogen-bond donors (Lipinski definition) is 1. The molecule has 86 valence electrons. The fourth-order valence-electron chi connectivity index (χ4n) is 2.58. The summed E-state index contributed by atoms with van der Waals surface area (Å²) in [5.41, 5.74) is 5.51. The van der Waals surface area contributed by atoms with Crippen LogP contribution in [0.2, 0.25) is 0 Å². The van der Waals surface area contributed by atoms with Crippen LogP contribution in [-0.4, -0.2) is 42.6 Å². The highest BCUT2D eigenvalue weighted by atomic mass is 16.5. The van der Waals surface area contributed by atoms with Gasteiger partial charge in [0, 0.05) is 19.1 Å². The van der Waals surface area contributed by atoms with Crippen LogP contribution in [0.4, 0.5) is 0 Å². The van der Waals surface area contributed by atoms with Crippen molar-refractivity contribution >= 4 is 5.91 Å². The summed E-state index contributed by atoms with van der Waals surface area (Å²) in [5.74, 6) is 0.107. The minimum atomic E-state index is -0.388. The summed E-state index contributed by atoms with van der Waals surface area (Å²) >= 11 is 0. The third-order valence-corrected chi connectivity index (χ3v) is 3.44. The molecule has 1 unspecified atom stereocenters. The van der Waals surface area contributed by atoms with Gasteiger partial charge in [-0.25, -0.2) is 0 Å². The Labute approximate surface area is 90.8 Å². The Balaban J connectivity index is 1.97. The van der Waals surface area contributed by atoms with Gasteiger partial charge in [0.25, 0.3) is 5.91 Å². The van der Waals surface area contributed by atoms with Crippen molar-refractivity contribution in [3.05, 3.63) is 0 Å². The highest BCUT2D eigenvalue weighted by molar-refractivity contribution is 5.82. The molecule has 1 atom stereocenters.